The number of nitrogens with zero attached hydrogens (tertiary/aromatic N) is 1. The number of piperidine rings is 1. The first-order valence-electron chi connectivity index (χ1n) is 11.0. The summed E-state index contributed by atoms with van der Waals surface area (Å²) >= 11 is 14.7. The minimum absolute atomic E-state index is 0.0362. The molecule has 0 aliphatic carbocycles. The quantitative estimate of drug-likeness (QED) is 0.255. The molecule has 2 heterocycles. The van der Waals surface area contributed by atoms with Gasteiger partial charge in [0, 0.05) is 60.8 Å². The maximum Gasteiger partial charge on any atom is 0.225 e. The molecule has 5 nitrogen and oxygen atoms in total. The van der Waals surface area contributed by atoms with E-state index < -0.39 is 0 Å². The zero-order valence-corrected chi connectivity index (χ0v) is 20.2. The molecule has 3 rings (SSSR count). The van der Waals surface area contributed by atoms with Gasteiger partial charge in [0.25, 0.3) is 0 Å². The number of nitrogens with one attached hydrogen (secondary N) is 3. The van der Waals surface area contributed by atoms with Crippen molar-refractivity contribution in [1.29, 1.82) is 0 Å². The van der Waals surface area contributed by atoms with E-state index in [2.05, 4.69) is 65.3 Å². The van der Waals surface area contributed by atoms with E-state index in [1.165, 1.54) is 12.0 Å². The topological polar surface area (TPSA) is 56.4 Å². The normalized spacial score (nSPS) is 27.2. The van der Waals surface area contributed by atoms with Crippen molar-refractivity contribution in [3.63, 3.8) is 0 Å². The van der Waals surface area contributed by atoms with Crippen LogP contribution >= 0.6 is 36.9 Å². The highest BCUT2D eigenvalue weighted by molar-refractivity contribution is 7.80. The van der Waals surface area contributed by atoms with Gasteiger partial charge in [-0.15, -0.1) is 0 Å². The highest BCUT2D eigenvalue weighted by Crippen LogP contribution is 2.46. The van der Waals surface area contributed by atoms with E-state index in [0.717, 1.165) is 49.0 Å². The van der Waals surface area contributed by atoms with E-state index in [1.807, 2.05) is 12.1 Å². The summed E-state index contributed by atoms with van der Waals surface area (Å²) in [6.45, 7) is 3.07. The molecule has 5 atom stereocenters. The molecule has 30 heavy (non-hydrogen) atoms. The van der Waals surface area contributed by atoms with Crippen molar-refractivity contribution in [2.45, 2.75) is 43.3 Å². The Kier molecular flexibility index (Phi) is 9.66. The second-order valence-electron chi connectivity index (χ2n) is 8.43. The third-order valence-electron chi connectivity index (χ3n) is 6.62. The van der Waals surface area contributed by atoms with Crippen LogP contribution < -0.4 is 16.0 Å². The van der Waals surface area contributed by atoms with Crippen molar-refractivity contribution in [2.75, 3.05) is 44.7 Å². The van der Waals surface area contributed by atoms with E-state index in [9.17, 15) is 4.79 Å². The first-order valence-corrected chi connectivity index (χ1v) is 12.6. The van der Waals surface area contributed by atoms with Crippen molar-refractivity contribution < 1.29 is 4.79 Å². The summed E-state index contributed by atoms with van der Waals surface area (Å²) in [4.78, 5) is 15.9. The number of hydrogen-bond donors (Lipinski definition) is 5. The SMILES string of the molecule is CN1C2CCC1[C@@H](C(=O)NCC(CNCCS)NCCS)[C@@H](c1ccc(Cl)cc1)C2. The summed E-state index contributed by atoms with van der Waals surface area (Å²) in [7, 11) is 2.18. The average Bonchev–Trinajstić information content (AvgIpc) is 2.98. The Morgan fingerprint density at radius 2 is 1.90 bits per heavy atom. The second kappa shape index (κ2) is 12.0. The Morgan fingerprint density at radius 3 is 2.60 bits per heavy atom. The van der Waals surface area contributed by atoms with E-state index in [0.29, 0.717) is 18.6 Å². The number of benzene rings is 1. The fraction of sp³-hybridized carbons (Fsp3) is 0.682. The van der Waals surface area contributed by atoms with E-state index in [1.54, 1.807) is 0 Å². The van der Waals surface area contributed by atoms with Gasteiger partial charge in [0.1, 0.15) is 0 Å². The molecule has 8 heteroatoms. The monoisotopic (exact) mass is 470 g/mol. The minimum atomic E-state index is -0.0362. The minimum Gasteiger partial charge on any atom is -0.354 e. The molecule has 2 bridgehead atoms. The van der Waals surface area contributed by atoms with Gasteiger partial charge < -0.3 is 16.0 Å². The van der Waals surface area contributed by atoms with Crippen LogP contribution in [0.15, 0.2) is 24.3 Å². The predicted octanol–water partition coefficient (Wildman–Crippen LogP) is 2.43. The lowest BCUT2D eigenvalue weighted by atomic mass is 9.75. The number of rotatable bonds is 11. The van der Waals surface area contributed by atoms with Crippen LogP contribution in [0.25, 0.3) is 0 Å². The number of carbonyl (C=O) groups is 1. The first-order chi connectivity index (χ1) is 14.5. The van der Waals surface area contributed by atoms with Crippen molar-refractivity contribution in [3.05, 3.63) is 34.9 Å². The molecule has 3 N–H and O–H groups in total. The zero-order valence-electron chi connectivity index (χ0n) is 17.7. The lowest BCUT2D eigenvalue weighted by Crippen LogP contribution is -2.54. The van der Waals surface area contributed by atoms with Crippen LogP contribution in [0.4, 0.5) is 0 Å². The van der Waals surface area contributed by atoms with Gasteiger partial charge in [0.2, 0.25) is 5.91 Å². The number of amides is 1. The van der Waals surface area contributed by atoms with Gasteiger partial charge in [-0.3, -0.25) is 9.69 Å². The van der Waals surface area contributed by atoms with Gasteiger partial charge in [0.05, 0.1) is 5.92 Å². The zero-order chi connectivity index (χ0) is 21.5. The molecule has 0 saturated carbocycles. The molecule has 2 fully saturated rings. The third kappa shape index (κ3) is 6.08. The molecule has 2 aliphatic rings. The van der Waals surface area contributed by atoms with Crippen molar-refractivity contribution >= 4 is 42.8 Å². The molecule has 0 radical (unpaired) electrons. The molecule has 2 saturated heterocycles. The van der Waals surface area contributed by atoms with Gasteiger partial charge in [-0.1, -0.05) is 23.7 Å². The fourth-order valence-electron chi connectivity index (χ4n) is 5.06. The highest BCUT2D eigenvalue weighted by atomic mass is 35.5. The van der Waals surface area contributed by atoms with E-state index in [-0.39, 0.29) is 23.8 Å². The van der Waals surface area contributed by atoms with Crippen molar-refractivity contribution in [2.24, 2.45) is 5.92 Å². The van der Waals surface area contributed by atoms with Crippen molar-refractivity contribution in [3.8, 4) is 0 Å². The van der Waals surface area contributed by atoms with E-state index in [4.69, 9.17) is 11.6 Å². The summed E-state index contributed by atoms with van der Waals surface area (Å²) in [6.07, 6.45) is 3.29. The fourth-order valence-corrected chi connectivity index (χ4v) is 5.47. The largest absolute Gasteiger partial charge is 0.354 e. The number of thiol groups is 2. The third-order valence-corrected chi connectivity index (χ3v) is 7.32. The van der Waals surface area contributed by atoms with Crippen LogP contribution in [0.5, 0.6) is 0 Å². The number of halogens is 1. The summed E-state index contributed by atoms with van der Waals surface area (Å²) in [5, 5.41) is 10.9. The van der Waals surface area contributed by atoms with Crippen LogP contribution in [-0.2, 0) is 4.79 Å². The molecule has 2 aliphatic heterocycles. The van der Waals surface area contributed by atoms with Gasteiger partial charge in [0.15, 0.2) is 0 Å². The Labute approximate surface area is 196 Å². The molecule has 1 aromatic rings. The van der Waals surface area contributed by atoms with Crippen molar-refractivity contribution in [1.82, 2.24) is 20.9 Å². The summed E-state index contributed by atoms with van der Waals surface area (Å²) < 4.78 is 0. The summed E-state index contributed by atoms with van der Waals surface area (Å²) in [5.41, 5.74) is 1.23. The van der Waals surface area contributed by atoms with Crippen LogP contribution in [0, 0.1) is 5.92 Å². The van der Waals surface area contributed by atoms with Gasteiger partial charge >= 0.3 is 0 Å². The lowest BCUT2D eigenvalue weighted by molar-refractivity contribution is -0.129. The predicted molar refractivity (Wildman–Crippen MR) is 132 cm³/mol. The van der Waals surface area contributed by atoms with Crippen LogP contribution in [-0.4, -0.2) is 73.7 Å². The Hall–Kier alpha value is -0.440. The molecule has 3 unspecified atom stereocenters. The second-order valence-corrected chi connectivity index (χ2v) is 9.76. The first kappa shape index (κ1) is 24.2. The Balaban J connectivity index is 1.68. The maximum atomic E-state index is 13.5. The molecule has 1 amide bonds. The molecular formula is C22H35ClN4OS2. The van der Waals surface area contributed by atoms with Crippen LogP contribution in [0.2, 0.25) is 5.02 Å². The molecule has 1 aromatic carbocycles. The smallest absolute Gasteiger partial charge is 0.225 e. The summed E-state index contributed by atoms with van der Waals surface area (Å²) in [6, 6.07) is 9.11. The lowest BCUT2D eigenvalue weighted by Gasteiger charge is -2.42. The number of fused-ring (bicyclic) bond motifs is 2. The highest BCUT2D eigenvalue weighted by Gasteiger charge is 2.48. The molecular weight excluding hydrogens is 436 g/mol. The number of carbonyl (C=O) groups excluding carboxylic acids is 1. The van der Waals surface area contributed by atoms with Crippen LogP contribution in [0.1, 0.15) is 30.7 Å². The standard InChI is InChI=1S/C22H35ClN4OS2/c1-27-18-6-7-20(27)21(19(12-18)15-2-4-16(23)5-3-15)22(28)26-14-17(25-9-11-30)13-24-8-10-29/h2-5,17-21,24-25,29-30H,6-14H2,1H3,(H,26,28)/t17?,18?,19-,20?,21+/m1/s1. The van der Waals surface area contributed by atoms with Gasteiger partial charge in [-0.2, -0.15) is 25.3 Å². The Morgan fingerprint density at radius 1 is 1.17 bits per heavy atom. The number of hydrogen-bond acceptors (Lipinski definition) is 6. The molecule has 0 spiro atoms. The Bertz CT molecular complexity index is 678. The average molecular weight is 471 g/mol. The molecule has 0 aromatic heterocycles. The molecule has 168 valence electrons. The van der Waals surface area contributed by atoms with Gasteiger partial charge in [-0.25, -0.2) is 0 Å². The van der Waals surface area contributed by atoms with Gasteiger partial charge in [-0.05, 0) is 49.9 Å². The summed E-state index contributed by atoms with van der Waals surface area (Å²) in [5.74, 6) is 1.94. The maximum absolute atomic E-state index is 13.5. The van der Waals surface area contributed by atoms with E-state index >= 15 is 0 Å². The van der Waals surface area contributed by atoms with Crippen LogP contribution in [0.3, 0.4) is 0 Å².